The van der Waals surface area contributed by atoms with Crippen LogP contribution in [-0.4, -0.2) is 20.7 Å². The molecule has 18 heavy (non-hydrogen) atoms. The summed E-state index contributed by atoms with van der Waals surface area (Å²) >= 11 is 1.49. The fourth-order valence-corrected chi connectivity index (χ4v) is 3.32. The van der Waals surface area contributed by atoms with Crippen molar-refractivity contribution in [2.24, 2.45) is 5.73 Å². The molecule has 0 aliphatic heterocycles. The second kappa shape index (κ2) is 7.54. The number of sulfonamides is 1. The Balaban J connectivity index is 2.51. The standard InChI is InChI=1S/C12H18N2O2S2/c1-2-3-7-18(15,16)14-9-12-8-11(10-17-12)5-4-6-13/h8,10,14H,2-3,6-7,9,13H2,1H3. The molecule has 1 rings (SSSR count). The van der Waals surface area contributed by atoms with Crippen LogP contribution in [0, 0.1) is 11.8 Å². The average molecular weight is 286 g/mol. The van der Waals surface area contributed by atoms with E-state index >= 15 is 0 Å². The van der Waals surface area contributed by atoms with Crippen molar-refractivity contribution in [3.8, 4) is 11.8 Å². The predicted molar refractivity (Wildman–Crippen MR) is 75.8 cm³/mol. The van der Waals surface area contributed by atoms with Crippen LogP contribution in [0.15, 0.2) is 11.4 Å². The molecule has 0 saturated heterocycles. The van der Waals surface area contributed by atoms with Crippen LogP contribution in [0.3, 0.4) is 0 Å². The first-order chi connectivity index (χ1) is 8.57. The van der Waals surface area contributed by atoms with E-state index in [2.05, 4.69) is 16.6 Å². The summed E-state index contributed by atoms with van der Waals surface area (Å²) < 4.78 is 25.8. The SMILES string of the molecule is CCCCS(=O)(=O)NCc1cc(C#CCN)cs1. The van der Waals surface area contributed by atoms with E-state index in [-0.39, 0.29) is 5.75 Å². The maximum atomic E-state index is 11.6. The topological polar surface area (TPSA) is 72.2 Å². The predicted octanol–water partition coefficient (Wildman–Crippen LogP) is 1.28. The molecule has 6 heteroatoms. The molecule has 1 aromatic heterocycles. The monoisotopic (exact) mass is 286 g/mol. The molecule has 0 aliphatic carbocycles. The van der Waals surface area contributed by atoms with E-state index in [9.17, 15) is 8.42 Å². The van der Waals surface area contributed by atoms with Gasteiger partial charge in [0.1, 0.15) is 0 Å². The minimum absolute atomic E-state index is 0.189. The summed E-state index contributed by atoms with van der Waals surface area (Å²) in [7, 11) is -3.15. The molecular formula is C12H18N2O2S2. The van der Waals surface area contributed by atoms with Crippen molar-refractivity contribution in [3.05, 3.63) is 21.9 Å². The highest BCUT2D eigenvalue weighted by atomic mass is 32.2. The molecule has 100 valence electrons. The van der Waals surface area contributed by atoms with Gasteiger partial charge in [-0.2, -0.15) is 0 Å². The molecule has 0 fully saturated rings. The number of hydrogen-bond acceptors (Lipinski definition) is 4. The molecule has 0 bridgehead atoms. The van der Waals surface area contributed by atoms with Crippen molar-refractivity contribution in [1.29, 1.82) is 0 Å². The third-order valence-electron chi connectivity index (χ3n) is 2.22. The molecule has 4 nitrogen and oxygen atoms in total. The van der Waals surface area contributed by atoms with Gasteiger partial charge < -0.3 is 5.73 Å². The third kappa shape index (κ3) is 5.65. The number of thiophene rings is 1. The molecule has 0 spiro atoms. The quantitative estimate of drug-likeness (QED) is 0.774. The van der Waals surface area contributed by atoms with E-state index in [1.54, 1.807) is 0 Å². The van der Waals surface area contributed by atoms with Crippen molar-refractivity contribution in [2.75, 3.05) is 12.3 Å². The summed E-state index contributed by atoms with van der Waals surface area (Å²) in [6.07, 6.45) is 1.56. The first kappa shape index (κ1) is 15.2. The van der Waals surface area contributed by atoms with E-state index in [1.807, 2.05) is 18.4 Å². The van der Waals surface area contributed by atoms with Crippen molar-refractivity contribution >= 4 is 21.4 Å². The number of hydrogen-bond donors (Lipinski definition) is 2. The molecule has 0 radical (unpaired) electrons. The van der Waals surface area contributed by atoms with Gasteiger partial charge in [0.25, 0.3) is 0 Å². The van der Waals surface area contributed by atoms with Gasteiger partial charge in [-0.05, 0) is 12.5 Å². The highest BCUT2D eigenvalue weighted by Gasteiger charge is 2.09. The summed E-state index contributed by atoms with van der Waals surface area (Å²) in [5, 5.41) is 1.90. The van der Waals surface area contributed by atoms with Crippen molar-refractivity contribution in [1.82, 2.24) is 4.72 Å². The Kier molecular flexibility index (Phi) is 6.36. The Morgan fingerprint density at radius 2 is 2.28 bits per heavy atom. The molecule has 0 aromatic carbocycles. The van der Waals surface area contributed by atoms with Crippen LogP contribution in [0.5, 0.6) is 0 Å². The molecule has 0 aliphatic rings. The average Bonchev–Trinajstić information content (AvgIpc) is 2.80. The zero-order valence-corrected chi connectivity index (χ0v) is 12.0. The zero-order valence-electron chi connectivity index (χ0n) is 10.4. The number of unbranched alkanes of at least 4 members (excludes halogenated alkanes) is 1. The van der Waals surface area contributed by atoms with Crippen molar-refractivity contribution < 1.29 is 8.42 Å². The van der Waals surface area contributed by atoms with E-state index in [4.69, 9.17) is 5.73 Å². The lowest BCUT2D eigenvalue weighted by Gasteiger charge is -2.03. The van der Waals surface area contributed by atoms with Crippen LogP contribution in [0.4, 0.5) is 0 Å². The van der Waals surface area contributed by atoms with Gasteiger partial charge in [0.15, 0.2) is 0 Å². The molecule has 0 atom stereocenters. The molecular weight excluding hydrogens is 268 g/mol. The van der Waals surface area contributed by atoms with Crippen molar-refractivity contribution in [2.45, 2.75) is 26.3 Å². The summed E-state index contributed by atoms with van der Waals surface area (Å²) in [6.45, 7) is 2.63. The van der Waals surface area contributed by atoms with Gasteiger partial charge in [-0.25, -0.2) is 13.1 Å². The molecule has 0 amide bonds. The fraction of sp³-hybridized carbons (Fsp3) is 0.500. The lowest BCUT2D eigenvalue weighted by molar-refractivity contribution is 0.578. The summed E-state index contributed by atoms with van der Waals surface area (Å²) in [4.78, 5) is 0.955. The van der Waals surface area contributed by atoms with Crippen LogP contribution in [0.25, 0.3) is 0 Å². The first-order valence-electron chi connectivity index (χ1n) is 5.81. The smallest absolute Gasteiger partial charge is 0.211 e. The third-order valence-corrected chi connectivity index (χ3v) is 4.57. The highest BCUT2D eigenvalue weighted by Crippen LogP contribution is 2.13. The molecule has 0 saturated carbocycles. The van der Waals surface area contributed by atoms with E-state index in [0.717, 1.165) is 16.9 Å². The zero-order chi connectivity index (χ0) is 13.4. The van der Waals surface area contributed by atoms with Crippen LogP contribution in [0.1, 0.15) is 30.2 Å². The van der Waals surface area contributed by atoms with Gasteiger partial charge in [-0.1, -0.05) is 25.2 Å². The lowest BCUT2D eigenvalue weighted by Crippen LogP contribution is -2.25. The Morgan fingerprint density at radius 1 is 1.50 bits per heavy atom. The molecule has 1 heterocycles. The fourth-order valence-electron chi connectivity index (χ4n) is 1.28. The minimum atomic E-state index is -3.15. The van der Waals surface area contributed by atoms with Crippen LogP contribution >= 0.6 is 11.3 Å². The Labute approximate surface area is 113 Å². The summed E-state index contributed by atoms with van der Waals surface area (Å²) in [5.41, 5.74) is 6.17. The van der Waals surface area contributed by atoms with E-state index in [0.29, 0.717) is 19.5 Å². The molecule has 3 N–H and O–H groups in total. The van der Waals surface area contributed by atoms with Crippen LogP contribution in [-0.2, 0) is 16.6 Å². The van der Waals surface area contributed by atoms with E-state index in [1.165, 1.54) is 11.3 Å². The number of nitrogens with two attached hydrogens (primary N) is 1. The van der Waals surface area contributed by atoms with Gasteiger partial charge in [0.05, 0.1) is 12.3 Å². The van der Waals surface area contributed by atoms with Gasteiger partial charge in [-0.15, -0.1) is 11.3 Å². The van der Waals surface area contributed by atoms with Gasteiger partial charge >= 0.3 is 0 Å². The number of nitrogens with one attached hydrogen (secondary N) is 1. The van der Waals surface area contributed by atoms with Gasteiger partial charge in [0.2, 0.25) is 10.0 Å². The maximum Gasteiger partial charge on any atom is 0.211 e. The largest absolute Gasteiger partial charge is 0.320 e. The van der Waals surface area contributed by atoms with Crippen LogP contribution in [0.2, 0.25) is 0 Å². The second-order valence-corrected chi connectivity index (χ2v) is 6.72. The minimum Gasteiger partial charge on any atom is -0.320 e. The highest BCUT2D eigenvalue weighted by molar-refractivity contribution is 7.89. The second-order valence-electron chi connectivity index (χ2n) is 3.80. The summed E-state index contributed by atoms with van der Waals surface area (Å²) in [6, 6.07) is 1.88. The maximum absolute atomic E-state index is 11.6. The number of rotatable bonds is 6. The lowest BCUT2D eigenvalue weighted by atomic mass is 10.3. The molecule has 1 aromatic rings. The van der Waals surface area contributed by atoms with Crippen LogP contribution < -0.4 is 10.5 Å². The Bertz CT molecular complexity index is 524. The first-order valence-corrected chi connectivity index (χ1v) is 8.34. The normalized spacial score (nSPS) is 11.0. The Morgan fingerprint density at radius 3 is 2.94 bits per heavy atom. The van der Waals surface area contributed by atoms with Crippen molar-refractivity contribution in [3.63, 3.8) is 0 Å². The Hall–Kier alpha value is -0.870. The van der Waals surface area contributed by atoms with E-state index < -0.39 is 10.0 Å². The van der Waals surface area contributed by atoms with Gasteiger partial charge in [0, 0.05) is 22.4 Å². The van der Waals surface area contributed by atoms with Gasteiger partial charge in [-0.3, -0.25) is 0 Å². The summed E-state index contributed by atoms with van der Waals surface area (Å²) in [5.74, 6) is 5.87. The molecule has 0 unspecified atom stereocenters.